The maximum absolute atomic E-state index is 13.4. The van der Waals surface area contributed by atoms with Gasteiger partial charge in [-0.1, -0.05) is 48.5 Å². The highest BCUT2D eigenvalue weighted by Crippen LogP contribution is 2.33. The molecule has 0 fully saturated rings. The van der Waals surface area contributed by atoms with Gasteiger partial charge in [0.05, 0.1) is 12.0 Å². The van der Waals surface area contributed by atoms with Crippen molar-refractivity contribution in [1.82, 2.24) is 5.32 Å². The van der Waals surface area contributed by atoms with Gasteiger partial charge in [0, 0.05) is 0 Å². The van der Waals surface area contributed by atoms with E-state index >= 15 is 0 Å². The molecule has 0 radical (unpaired) electrons. The molecule has 29 heavy (non-hydrogen) atoms. The lowest BCUT2D eigenvalue weighted by Gasteiger charge is -2.23. The summed E-state index contributed by atoms with van der Waals surface area (Å²) in [5, 5.41) is 3.11. The Hall–Kier alpha value is -3.34. The molecule has 4 rings (SSSR count). The van der Waals surface area contributed by atoms with Crippen LogP contribution in [-0.4, -0.2) is 19.1 Å². The first-order valence-corrected chi connectivity index (χ1v) is 9.62. The summed E-state index contributed by atoms with van der Waals surface area (Å²) >= 11 is 0. The average molecular weight is 391 g/mol. The second-order valence-corrected chi connectivity index (χ2v) is 7.03. The van der Waals surface area contributed by atoms with Crippen molar-refractivity contribution in [2.24, 2.45) is 0 Å². The molecule has 1 aliphatic rings. The smallest absolute Gasteiger partial charge is 0.228 e. The van der Waals surface area contributed by atoms with E-state index in [1.54, 1.807) is 12.1 Å². The lowest BCUT2D eigenvalue weighted by molar-refractivity contribution is -0.122. The minimum Gasteiger partial charge on any atom is -0.486 e. The summed E-state index contributed by atoms with van der Waals surface area (Å²) in [6.45, 7) is 2.88. The van der Waals surface area contributed by atoms with Crippen molar-refractivity contribution in [3.05, 3.63) is 95.3 Å². The van der Waals surface area contributed by atoms with Gasteiger partial charge in [0.1, 0.15) is 19.0 Å². The third kappa shape index (κ3) is 4.24. The third-order valence-corrected chi connectivity index (χ3v) is 5.08. The SMILES string of the molecule is CC(C(=O)NC(c1ccccc1)c1ccc(F)cc1)c1ccc2c(c1)OCCO2. The first-order chi connectivity index (χ1) is 14.1. The molecule has 0 saturated carbocycles. The average Bonchev–Trinajstić information content (AvgIpc) is 2.78. The van der Waals surface area contributed by atoms with Gasteiger partial charge in [-0.25, -0.2) is 4.39 Å². The molecule has 3 aromatic carbocycles. The van der Waals surface area contributed by atoms with Gasteiger partial charge >= 0.3 is 0 Å². The number of rotatable bonds is 5. The summed E-state index contributed by atoms with van der Waals surface area (Å²) in [6.07, 6.45) is 0. The number of nitrogens with one attached hydrogen (secondary N) is 1. The molecule has 0 bridgehead atoms. The van der Waals surface area contributed by atoms with E-state index < -0.39 is 5.92 Å². The van der Waals surface area contributed by atoms with E-state index in [0.717, 1.165) is 16.7 Å². The van der Waals surface area contributed by atoms with Gasteiger partial charge in [-0.15, -0.1) is 0 Å². The highest BCUT2D eigenvalue weighted by atomic mass is 19.1. The Balaban J connectivity index is 1.58. The molecule has 3 aromatic rings. The number of benzene rings is 3. The quantitative estimate of drug-likeness (QED) is 0.691. The predicted molar refractivity (Wildman–Crippen MR) is 109 cm³/mol. The zero-order valence-corrected chi connectivity index (χ0v) is 16.1. The molecule has 148 valence electrons. The van der Waals surface area contributed by atoms with Crippen molar-refractivity contribution in [3.8, 4) is 11.5 Å². The van der Waals surface area contributed by atoms with Gasteiger partial charge in [0.25, 0.3) is 0 Å². The predicted octanol–water partition coefficient (Wildman–Crippen LogP) is 4.61. The summed E-state index contributed by atoms with van der Waals surface area (Å²) in [5.74, 6) is 0.529. The van der Waals surface area contributed by atoms with Crippen molar-refractivity contribution in [2.45, 2.75) is 18.9 Å². The number of halogens is 1. The van der Waals surface area contributed by atoms with Crippen LogP contribution < -0.4 is 14.8 Å². The number of carbonyl (C=O) groups excluding carboxylic acids is 1. The summed E-state index contributed by atoms with van der Waals surface area (Å²) in [6, 6.07) is 21.1. The fraction of sp³-hybridized carbons (Fsp3) is 0.208. The fourth-order valence-corrected chi connectivity index (χ4v) is 3.41. The van der Waals surface area contributed by atoms with E-state index in [1.165, 1.54) is 12.1 Å². The van der Waals surface area contributed by atoms with Crippen LogP contribution in [0.5, 0.6) is 11.5 Å². The summed E-state index contributed by atoms with van der Waals surface area (Å²) in [5.41, 5.74) is 2.60. The largest absolute Gasteiger partial charge is 0.486 e. The topological polar surface area (TPSA) is 47.6 Å². The molecule has 5 heteroatoms. The van der Waals surface area contributed by atoms with Crippen LogP contribution in [0.2, 0.25) is 0 Å². The van der Waals surface area contributed by atoms with Crippen molar-refractivity contribution in [2.75, 3.05) is 13.2 Å². The summed E-state index contributed by atoms with van der Waals surface area (Å²) in [7, 11) is 0. The summed E-state index contributed by atoms with van der Waals surface area (Å²) < 4.78 is 24.6. The van der Waals surface area contributed by atoms with Crippen LogP contribution in [0.25, 0.3) is 0 Å². The normalized spacial score (nSPS) is 14.7. The Morgan fingerprint density at radius 1 is 0.862 bits per heavy atom. The highest BCUT2D eigenvalue weighted by molar-refractivity contribution is 5.84. The molecule has 1 N–H and O–H groups in total. The van der Waals surface area contributed by atoms with Gasteiger partial charge in [-0.3, -0.25) is 4.79 Å². The Kier molecular flexibility index (Phi) is 5.47. The standard InChI is InChI=1S/C24H22FNO3/c1-16(19-9-12-21-22(15-19)29-14-13-28-21)24(27)26-23(17-5-3-2-4-6-17)18-7-10-20(25)11-8-18/h2-12,15-16,23H,13-14H2,1H3,(H,26,27). The summed E-state index contributed by atoms with van der Waals surface area (Å²) in [4.78, 5) is 13.1. The van der Waals surface area contributed by atoms with Crippen LogP contribution >= 0.6 is 0 Å². The van der Waals surface area contributed by atoms with E-state index in [2.05, 4.69) is 5.32 Å². The molecule has 2 atom stereocenters. The minimum atomic E-state index is -0.391. The second kappa shape index (κ2) is 8.35. The Bertz CT molecular complexity index is 989. The molecule has 0 aliphatic carbocycles. The van der Waals surface area contributed by atoms with Crippen molar-refractivity contribution in [3.63, 3.8) is 0 Å². The van der Waals surface area contributed by atoms with Crippen LogP contribution in [0.3, 0.4) is 0 Å². The van der Waals surface area contributed by atoms with Crippen LogP contribution in [0.15, 0.2) is 72.8 Å². The van der Waals surface area contributed by atoms with Crippen molar-refractivity contribution < 1.29 is 18.7 Å². The lowest BCUT2D eigenvalue weighted by atomic mass is 9.95. The van der Waals surface area contributed by atoms with E-state index in [4.69, 9.17) is 9.47 Å². The second-order valence-electron chi connectivity index (χ2n) is 7.03. The van der Waals surface area contributed by atoms with Gasteiger partial charge in [0.15, 0.2) is 11.5 Å². The molecule has 1 heterocycles. The number of amides is 1. The Labute approximate surface area is 169 Å². The maximum Gasteiger partial charge on any atom is 0.228 e. The van der Waals surface area contributed by atoms with E-state index in [9.17, 15) is 9.18 Å². The molecular formula is C24H22FNO3. The first-order valence-electron chi connectivity index (χ1n) is 9.62. The fourth-order valence-electron chi connectivity index (χ4n) is 3.41. The van der Waals surface area contributed by atoms with Crippen molar-refractivity contribution >= 4 is 5.91 Å². The highest BCUT2D eigenvalue weighted by Gasteiger charge is 2.23. The number of carbonyl (C=O) groups is 1. The van der Waals surface area contributed by atoms with Crippen LogP contribution in [0, 0.1) is 5.82 Å². The Morgan fingerprint density at radius 3 is 2.21 bits per heavy atom. The number of ether oxygens (including phenoxy) is 2. The molecule has 0 spiro atoms. The zero-order valence-electron chi connectivity index (χ0n) is 16.1. The lowest BCUT2D eigenvalue weighted by Crippen LogP contribution is -2.32. The van der Waals surface area contributed by atoms with E-state index in [1.807, 2.05) is 55.5 Å². The number of hydrogen-bond donors (Lipinski definition) is 1. The Morgan fingerprint density at radius 2 is 1.48 bits per heavy atom. The zero-order chi connectivity index (χ0) is 20.2. The molecular weight excluding hydrogens is 369 g/mol. The van der Waals surface area contributed by atoms with Gasteiger partial charge in [0.2, 0.25) is 5.91 Å². The van der Waals surface area contributed by atoms with Crippen LogP contribution in [-0.2, 0) is 4.79 Å². The van der Waals surface area contributed by atoms with Crippen LogP contribution in [0.4, 0.5) is 4.39 Å². The van der Waals surface area contributed by atoms with Gasteiger partial charge in [-0.2, -0.15) is 0 Å². The van der Waals surface area contributed by atoms with Crippen LogP contribution in [0.1, 0.15) is 35.6 Å². The first kappa shape index (κ1) is 19.0. The third-order valence-electron chi connectivity index (χ3n) is 5.08. The van der Waals surface area contributed by atoms with Crippen molar-refractivity contribution in [1.29, 1.82) is 0 Å². The monoisotopic (exact) mass is 391 g/mol. The number of fused-ring (bicyclic) bond motifs is 1. The molecule has 2 unspecified atom stereocenters. The molecule has 1 amide bonds. The molecule has 0 aromatic heterocycles. The number of hydrogen-bond acceptors (Lipinski definition) is 3. The molecule has 4 nitrogen and oxygen atoms in total. The van der Waals surface area contributed by atoms with Gasteiger partial charge < -0.3 is 14.8 Å². The maximum atomic E-state index is 13.4. The van der Waals surface area contributed by atoms with E-state index in [0.29, 0.717) is 24.7 Å². The van der Waals surface area contributed by atoms with E-state index in [-0.39, 0.29) is 17.8 Å². The molecule has 0 saturated heterocycles. The van der Waals surface area contributed by atoms with Gasteiger partial charge in [-0.05, 0) is 47.9 Å². The minimum absolute atomic E-state index is 0.125. The molecule has 1 aliphatic heterocycles.